The molecule has 0 bridgehead atoms. The van der Waals surface area contributed by atoms with Gasteiger partial charge in [-0.3, -0.25) is 0 Å². The Hall–Kier alpha value is 2.28. The fourth-order valence-electron chi connectivity index (χ4n) is 0. The SMILES string of the molecule is O.O.O.O.O.O.[Na+].[Na+].[O]=[Sn]([O-])[O-]. The van der Waals surface area contributed by atoms with Crippen molar-refractivity contribution in [3.63, 3.8) is 0 Å². The summed E-state index contributed by atoms with van der Waals surface area (Å²) in [6, 6.07) is 0. The molecule has 0 aromatic heterocycles. The monoisotopic (exact) mass is 322 g/mol. The van der Waals surface area contributed by atoms with Gasteiger partial charge in [-0.25, -0.2) is 0 Å². The van der Waals surface area contributed by atoms with Crippen molar-refractivity contribution in [3.8, 4) is 0 Å². The molecule has 0 aromatic carbocycles. The first kappa shape index (κ1) is 90.4. The van der Waals surface area contributed by atoms with E-state index in [1.807, 2.05) is 0 Å². The summed E-state index contributed by atoms with van der Waals surface area (Å²) in [5.41, 5.74) is 0. The molecule has 0 amide bonds. The Bertz CT molecular complexity index is 35.5. The van der Waals surface area contributed by atoms with E-state index < -0.39 is 20.6 Å². The standard InChI is InChI=1S/2Na.6H2O.3O.Sn/h;;6*1H2;;;;/q2*+1;;;;;;;;2*-1;. The zero-order chi connectivity index (χ0) is 3.58. The van der Waals surface area contributed by atoms with Crippen molar-refractivity contribution in [2.75, 3.05) is 0 Å². The molecule has 0 rings (SSSR count). The van der Waals surface area contributed by atoms with E-state index in [0.29, 0.717) is 0 Å². The van der Waals surface area contributed by atoms with Crippen molar-refractivity contribution >= 4 is 20.6 Å². The van der Waals surface area contributed by atoms with Crippen LogP contribution in [0.3, 0.4) is 0 Å². The number of hydrogen-bond donors (Lipinski definition) is 0. The van der Waals surface area contributed by atoms with Crippen LogP contribution in [-0.4, -0.2) is 53.4 Å². The first-order chi connectivity index (χ1) is 1.73. The predicted octanol–water partition coefficient (Wildman–Crippen LogP) is -13.8. The summed E-state index contributed by atoms with van der Waals surface area (Å²) in [4.78, 5) is 0. The van der Waals surface area contributed by atoms with Crippen LogP contribution in [0.2, 0.25) is 0 Å². The topological polar surface area (TPSA) is 252 Å². The van der Waals surface area contributed by atoms with Crippen molar-refractivity contribution in [3.05, 3.63) is 0 Å². The van der Waals surface area contributed by atoms with Gasteiger partial charge in [-0.1, -0.05) is 0 Å². The van der Waals surface area contributed by atoms with Gasteiger partial charge >= 0.3 is 89.7 Å². The maximum atomic E-state index is 8.61. The van der Waals surface area contributed by atoms with E-state index >= 15 is 0 Å². The molecule has 0 spiro atoms. The molecule has 0 aliphatic heterocycles. The van der Waals surface area contributed by atoms with Gasteiger partial charge in [-0.15, -0.1) is 0 Å². The van der Waals surface area contributed by atoms with Crippen LogP contribution in [0.1, 0.15) is 0 Å². The number of rotatable bonds is 0. The van der Waals surface area contributed by atoms with Crippen molar-refractivity contribution < 1.29 is 102 Å². The quantitative estimate of drug-likeness (QED) is 0.394. The Morgan fingerprint density at radius 1 is 0.667 bits per heavy atom. The van der Waals surface area contributed by atoms with E-state index in [1.165, 1.54) is 0 Å². The van der Waals surface area contributed by atoms with Gasteiger partial charge in [0.25, 0.3) is 0 Å². The number of hydrogen-bond acceptors (Lipinski definition) is 3. The molecule has 0 heterocycles. The van der Waals surface area contributed by atoms with Crippen LogP contribution in [0.5, 0.6) is 0 Å². The van der Waals surface area contributed by atoms with Crippen molar-refractivity contribution in [1.82, 2.24) is 0 Å². The summed E-state index contributed by atoms with van der Waals surface area (Å²) in [5.74, 6) is 0. The van der Waals surface area contributed by atoms with E-state index in [-0.39, 0.29) is 92.0 Å². The summed E-state index contributed by atoms with van der Waals surface area (Å²) in [5, 5.41) is 0. The molecular weight excluding hydrogens is 309 g/mol. The summed E-state index contributed by atoms with van der Waals surface area (Å²) in [6.45, 7) is 0. The molecular formula is H12Na2O9Sn. The molecule has 12 heteroatoms. The fourth-order valence-corrected chi connectivity index (χ4v) is 0. The van der Waals surface area contributed by atoms with Gasteiger partial charge in [-0.2, -0.15) is 0 Å². The molecule has 12 N–H and O–H groups in total. The second-order valence-corrected chi connectivity index (χ2v) is 1.68. The molecule has 0 unspecified atom stereocenters. The third-order valence-electron chi connectivity index (χ3n) is 0. The zero-order valence-electron chi connectivity index (χ0n) is 6.72. The van der Waals surface area contributed by atoms with E-state index in [2.05, 4.69) is 0 Å². The summed E-state index contributed by atoms with van der Waals surface area (Å²) in [7, 11) is 0. The molecule has 0 atom stereocenters. The third kappa shape index (κ3) is 301. The Labute approximate surface area is 121 Å². The van der Waals surface area contributed by atoms with Crippen LogP contribution in [0, 0.1) is 0 Å². The fraction of sp³-hybridized carbons (Fsp3) is 0. The van der Waals surface area contributed by atoms with Gasteiger partial charge in [-0.05, 0) is 0 Å². The van der Waals surface area contributed by atoms with Crippen molar-refractivity contribution in [2.45, 2.75) is 0 Å². The van der Waals surface area contributed by atoms with Gasteiger partial charge in [0.05, 0.1) is 0 Å². The van der Waals surface area contributed by atoms with Crippen LogP contribution in [0.25, 0.3) is 0 Å². The molecule has 0 aromatic rings. The molecule has 0 saturated heterocycles. The predicted molar refractivity (Wildman–Crippen MR) is 28.1 cm³/mol. The van der Waals surface area contributed by atoms with Crippen molar-refractivity contribution in [1.29, 1.82) is 0 Å². The van der Waals surface area contributed by atoms with Crippen molar-refractivity contribution in [2.24, 2.45) is 0 Å². The Morgan fingerprint density at radius 2 is 0.667 bits per heavy atom. The van der Waals surface area contributed by atoms with Crippen LogP contribution in [0.15, 0.2) is 0 Å². The Balaban J connectivity index is -0.00000000161. The first-order valence-corrected chi connectivity index (χ1v) is 4.11. The molecule has 0 saturated carbocycles. The van der Waals surface area contributed by atoms with E-state index in [4.69, 9.17) is 9.96 Å². The van der Waals surface area contributed by atoms with Crippen LogP contribution >= 0.6 is 0 Å². The molecule has 12 heavy (non-hydrogen) atoms. The van der Waals surface area contributed by atoms with E-state index in [1.54, 1.807) is 0 Å². The second-order valence-electron chi connectivity index (χ2n) is 0.250. The first-order valence-electron chi connectivity index (χ1n) is 0.612. The zero-order valence-corrected chi connectivity index (χ0v) is 13.6. The summed E-state index contributed by atoms with van der Waals surface area (Å²) in [6.07, 6.45) is 0. The molecule has 0 aliphatic carbocycles. The average Bonchev–Trinajstić information content (AvgIpc) is 0.811. The maximum absolute atomic E-state index is 8.61. The van der Waals surface area contributed by atoms with E-state index in [0.717, 1.165) is 0 Å². The van der Waals surface area contributed by atoms with Gasteiger partial charge in [0, 0.05) is 0 Å². The normalized spacial score (nSPS) is 2.17. The average molecular weight is 321 g/mol. The molecule has 72 valence electrons. The second kappa shape index (κ2) is 71.8. The van der Waals surface area contributed by atoms with Gasteiger partial charge < -0.3 is 32.9 Å². The molecule has 0 aliphatic rings. The molecule has 0 radical (unpaired) electrons. The Kier molecular flexibility index (Phi) is 541. The summed E-state index contributed by atoms with van der Waals surface area (Å²) < 4.78 is 25.8. The third-order valence-corrected chi connectivity index (χ3v) is 0. The van der Waals surface area contributed by atoms with Crippen LogP contribution in [-0.2, 0) is 3.08 Å². The van der Waals surface area contributed by atoms with Gasteiger partial charge in [0.1, 0.15) is 0 Å². The minimum absolute atomic E-state index is 0. The van der Waals surface area contributed by atoms with Crippen LogP contribution in [0.4, 0.5) is 0 Å². The Morgan fingerprint density at radius 3 is 0.667 bits per heavy atom. The molecule has 9 nitrogen and oxygen atoms in total. The minimum atomic E-state index is -4.29. The van der Waals surface area contributed by atoms with E-state index in [9.17, 15) is 0 Å². The van der Waals surface area contributed by atoms with Gasteiger partial charge in [0.2, 0.25) is 0 Å². The summed E-state index contributed by atoms with van der Waals surface area (Å²) >= 11 is -4.29. The molecule has 0 fully saturated rings. The van der Waals surface area contributed by atoms with Crippen LogP contribution < -0.4 is 66.0 Å². The van der Waals surface area contributed by atoms with Gasteiger partial charge in [0.15, 0.2) is 0 Å².